The standard InChI is InChI=1S/C17H16N4O3/c18-11-17(8-2-1-3-9-17)16(22)20-13-6-7-14(21(23)24)15-12(13)5-4-10-19-15/h4-7,10H,1-3,8-9H2,(H,20,22). The van der Waals surface area contributed by atoms with Gasteiger partial charge < -0.3 is 5.32 Å². The minimum Gasteiger partial charge on any atom is -0.324 e. The van der Waals surface area contributed by atoms with E-state index < -0.39 is 10.3 Å². The normalized spacial score (nSPS) is 16.3. The molecule has 1 aromatic heterocycles. The number of nitrogens with one attached hydrogen (secondary N) is 1. The van der Waals surface area contributed by atoms with E-state index in [9.17, 15) is 20.2 Å². The summed E-state index contributed by atoms with van der Waals surface area (Å²) in [6, 6.07) is 8.32. The minimum atomic E-state index is -1.02. The van der Waals surface area contributed by atoms with Crippen LogP contribution in [-0.4, -0.2) is 15.8 Å². The maximum Gasteiger partial charge on any atom is 0.295 e. The third-order valence-electron chi connectivity index (χ3n) is 4.55. The van der Waals surface area contributed by atoms with Crippen molar-refractivity contribution in [3.63, 3.8) is 0 Å². The van der Waals surface area contributed by atoms with Gasteiger partial charge in [-0.1, -0.05) is 19.3 Å². The molecule has 0 bridgehead atoms. The molecule has 1 heterocycles. The van der Waals surface area contributed by atoms with Crippen molar-refractivity contribution in [2.24, 2.45) is 5.41 Å². The van der Waals surface area contributed by atoms with Crippen LogP contribution in [0.3, 0.4) is 0 Å². The Morgan fingerprint density at radius 1 is 1.29 bits per heavy atom. The van der Waals surface area contributed by atoms with Crippen LogP contribution < -0.4 is 5.32 Å². The first-order chi connectivity index (χ1) is 11.6. The second kappa shape index (κ2) is 6.24. The molecule has 1 fully saturated rings. The van der Waals surface area contributed by atoms with E-state index in [0.717, 1.165) is 19.3 Å². The van der Waals surface area contributed by atoms with Gasteiger partial charge in [-0.25, -0.2) is 4.98 Å². The molecule has 3 rings (SSSR count). The van der Waals surface area contributed by atoms with Crippen LogP contribution in [0.1, 0.15) is 32.1 Å². The first-order valence-corrected chi connectivity index (χ1v) is 7.82. The summed E-state index contributed by atoms with van der Waals surface area (Å²) in [5.74, 6) is -0.344. The summed E-state index contributed by atoms with van der Waals surface area (Å²) < 4.78 is 0. The van der Waals surface area contributed by atoms with Crippen molar-refractivity contribution in [1.29, 1.82) is 5.26 Å². The SMILES string of the molecule is N#CC1(C(=O)Nc2ccc([N+](=O)[O-])c3ncccc23)CCCCC1. The summed E-state index contributed by atoms with van der Waals surface area (Å²) in [5, 5.41) is 23.9. The quantitative estimate of drug-likeness (QED) is 0.686. The Labute approximate surface area is 138 Å². The molecule has 122 valence electrons. The molecule has 0 radical (unpaired) electrons. The Morgan fingerprint density at radius 2 is 2.04 bits per heavy atom. The first kappa shape index (κ1) is 15.9. The zero-order valence-electron chi connectivity index (χ0n) is 13.0. The number of pyridine rings is 1. The molecule has 1 saturated carbocycles. The molecular weight excluding hydrogens is 308 g/mol. The maximum absolute atomic E-state index is 12.7. The number of rotatable bonds is 3. The number of carbonyl (C=O) groups is 1. The number of nitriles is 1. The second-order valence-electron chi connectivity index (χ2n) is 6.00. The lowest BCUT2D eigenvalue weighted by Crippen LogP contribution is -2.36. The molecule has 0 atom stereocenters. The number of non-ortho nitro benzene ring substituents is 1. The first-order valence-electron chi connectivity index (χ1n) is 7.82. The van der Waals surface area contributed by atoms with Crippen molar-refractivity contribution in [1.82, 2.24) is 4.98 Å². The summed E-state index contributed by atoms with van der Waals surface area (Å²) in [5.41, 5.74) is -0.478. The van der Waals surface area contributed by atoms with Gasteiger partial charge in [0.2, 0.25) is 5.91 Å². The van der Waals surface area contributed by atoms with Crippen LogP contribution in [-0.2, 0) is 4.79 Å². The molecule has 7 nitrogen and oxygen atoms in total. The number of anilines is 1. The Bertz CT molecular complexity index is 851. The molecule has 1 aromatic carbocycles. The predicted octanol–water partition coefficient (Wildman–Crippen LogP) is 3.56. The molecule has 1 N–H and O–H groups in total. The number of hydrogen-bond donors (Lipinski definition) is 1. The molecule has 7 heteroatoms. The minimum absolute atomic E-state index is 0.115. The number of carbonyl (C=O) groups excluding carboxylic acids is 1. The summed E-state index contributed by atoms with van der Waals surface area (Å²) in [7, 11) is 0. The number of nitro groups is 1. The molecule has 24 heavy (non-hydrogen) atoms. The molecule has 1 aliphatic rings. The number of amides is 1. The third kappa shape index (κ3) is 2.67. The number of benzene rings is 1. The lowest BCUT2D eigenvalue weighted by Gasteiger charge is -2.29. The van der Waals surface area contributed by atoms with Crippen molar-refractivity contribution >= 4 is 28.2 Å². The van der Waals surface area contributed by atoms with E-state index >= 15 is 0 Å². The van der Waals surface area contributed by atoms with E-state index in [2.05, 4.69) is 16.4 Å². The lowest BCUT2D eigenvalue weighted by atomic mass is 9.74. The summed E-state index contributed by atoms with van der Waals surface area (Å²) >= 11 is 0. The van der Waals surface area contributed by atoms with Gasteiger partial charge in [-0.05, 0) is 31.0 Å². The van der Waals surface area contributed by atoms with E-state index in [1.165, 1.54) is 18.3 Å². The fraction of sp³-hybridized carbons (Fsp3) is 0.353. The van der Waals surface area contributed by atoms with Gasteiger partial charge >= 0.3 is 0 Å². The average Bonchev–Trinajstić information content (AvgIpc) is 2.62. The van der Waals surface area contributed by atoms with Crippen LogP contribution in [0.5, 0.6) is 0 Å². The number of hydrogen-bond acceptors (Lipinski definition) is 5. The third-order valence-corrected chi connectivity index (χ3v) is 4.55. The van der Waals surface area contributed by atoms with Crippen molar-refractivity contribution in [2.45, 2.75) is 32.1 Å². The zero-order valence-corrected chi connectivity index (χ0v) is 13.0. The van der Waals surface area contributed by atoms with Crippen LogP contribution >= 0.6 is 0 Å². The smallest absolute Gasteiger partial charge is 0.295 e. The lowest BCUT2D eigenvalue weighted by molar-refractivity contribution is -0.383. The number of nitrogens with zero attached hydrogens (tertiary/aromatic N) is 3. The zero-order chi connectivity index (χ0) is 17.2. The Balaban J connectivity index is 1.99. The predicted molar refractivity (Wildman–Crippen MR) is 88.2 cm³/mol. The van der Waals surface area contributed by atoms with Gasteiger partial charge in [0.1, 0.15) is 10.9 Å². The van der Waals surface area contributed by atoms with Gasteiger partial charge in [0, 0.05) is 17.6 Å². The van der Waals surface area contributed by atoms with Crippen molar-refractivity contribution < 1.29 is 9.72 Å². The molecule has 0 unspecified atom stereocenters. The largest absolute Gasteiger partial charge is 0.324 e. The van der Waals surface area contributed by atoms with Gasteiger partial charge in [0.25, 0.3) is 5.69 Å². The van der Waals surface area contributed by atoms with Gasteiger partial charge in [0.05, 0.1) is 16.7 Å². The summed E-state index contributed by atoms with van der Waals surface area (Å²) in [6.45, 7) is 0. The number of aromatic nitrogens is 1. The highest BCUT2D eigenvalue weighted by molar-refractivity contribution is 6.06. The fourth-order valence-electron chi connectivity index (χ4n) is 3.20. The second-order valence-corrected chi connectivity index (χ2v) is 6.00. The number of fused-ring (bicyclic) bond motifs is 1. The Hall–Kier alpha value is -3.01. The monoisotopic (exact) mass is 324 g/mol. The van der Waals surface area contributed by atoms with Gasteiger partial charge in [-0.15, -0.1) is 0 Å². The fourth-order valence-corrected chi connectivity index (χ4v) is 3.20. The maximum atomic E-state index is 12.7. The highest BCUT2D eigenvalue weighted by atomic mass is 16.6. The highest BCUT2D eigenvalue weighted by Crippen LogP contribution is 2.38. The molecule has 2 aromatic rings. The van der Waals surface area contributed by atoms with Gasteiger partial charge in [-0.3, -0.25) is 14.9 Å². The molecule has 0 saturated heterocycles. The Morgan fingerprint density at radius 3 is 2.71 bits per heavy atom. The van der Waals surface area contributed by atoms with E-state index in [4.69, 9.17) is 0 Å². The van der Waals surface area contributed by atoms with Crippen molar-refractivity contribution in [2.75, 3.05) is 5.32 Å². The molecule has 0 aliphatic heterocycles. The summed E-state index contributed by atoms with van der Waals surface area (Å²) in [6.07, 6.45) is 5.28. The molecular formula is C17H16N4O3. The van der Waals surface area contributed by atoms with Gasteiger partial charge in [-0.2, -0.15) is 5.26 Å². The van der Waals surface area contributed by atoms with Crippen molar-refractivity contribution in [3.8, 4) is 6.07 Å². The van der Waals surface area contributed by atoms with Crippen molar-refractivity contribution in [3.05, 3.63) is 40.6 Å². The van der Waals surface area contributed by atoms with E-state index in [0.29, 0.717) is 23.9 Å². The van der Waals surface area contributed by atoms with E-state index in [1.807, 2.05) is 0 Å². The molecule has 0 spiro atoms. The number of nitro benzene ring substituents is 1. The van der Waals surface area contributed by atoms with Gasteiger partial charge in [0.15, 0.2) is 0 Å². The molecule has 1 aliphatic carbocycles. The topological polar surface area (TPSA) is 109 Å². The van der Waals surface area contributed by atoms with Crippen LogP contribution in [0.25, 0.3) is 10.9 Å². The van der Waals surface area contributed by atoms with E-state index in [1.54, 1.807) is 12.1 Å². The average molecular weight is 324 g/mol. The summed E-state index contributed by atoms with van der Waals surface area (Å²) in [4.78, 5) is 27.4. The van der Waals surface area contributed by atoms with Crippen LogP contribution in [0, 0.1) is 26.9 Å². The van der Waals surface area contributed by atoms with Crippen LogP contribution in [0.4, 0.5) is 11.4 Å². The Kier molecular flexibility index (Phi) is 4.13. The van der Waals surface area contributed by atoms with Crippen LogP contribution in [0.15, 0.2) is 30.5 Å². The van der Waals surface area contributed by atoms with E-state index in [-0.39, 0.29) is 17.1 Å². The molecule has 1 amide bonds. The highest BCUT2D eigenvalue weighted by Gasteiger charge is 2.40. The van der Waals surface area contributed by atoms with Crippen LogP contribution in [0.2, 0.25) is 0 Å².